The highest BCUT2D eigenvalue weighted by molar-refractivity contribution is 6.30. The van der Waals surface area contributed by atoms with Gasteiger partial charge in [-0.25, -0.2) is 0 Å². The smallest absolute Gasteiger partial charge is 0.248 e. The molecule has 0 aliphatic carbocycles. The van der Waals surface area contributed by atoms with Crippen LogP contribution in [0.1, 0.15) is 18.4 Å². The van der Waals surface area contributed by atoms with Crippen molar-refractivity contribution in [2.24, 2.45) is 5.92 Å². The third kappa shape index (κ3) is 3.76. The summed E-state index contributed by atoms with van der Waals surface area (Å²) in [6.45, 7) is 3.61. The van der Waals surface area contributed by atoms with E-state index in [1.165, 1.54) is 0 Å². The molecule has 2 aliphatic rings. The lowest BCUT2D eigenvalue weighted by atomic mass is 9.91. The second-order valence-corrected chi connectivity index (χ2v) is 6.28. The van der Waals surface area contributed by atoms with Gasteiger partial charge in [0.15, 0.2) is 0 Å². The Morgan fingerprint density at radius 2 is 2.14 bits per heavy atom. The molecule has 2 aliphatic heterocycles. The summed E-state index contributed by atoms with van der Waals surface area (Å²) in [5.41, 5.74) is 1.07. The lowest BCUT2D eigenvalue weighted by Gasteiger charge is -2.38. The number of ether oxygens (including phenoxy) is 1. The molecule has 0 bridgehead atoms. The van der Waals surface area contributed by atoms with E-state index >= 15 is 0 Å². The number of nitrogens with one attached hydrogen (secondary N) is 1. The third-order valence-corrected chi connectivity index (χ3v) is 4.58. The second kappa shape index (κ2) is 6.77. The normalized spacial score (nSPS) is 24.3. The Balaban J connectivity index is 1.64. The fourth-order valence-electron chi connectivity index (χ4n) is 3.15. The van der Waals surface area contributed by atoms with E-state index in [2.05, 4.69) is 5.32 Å². The van der Waals surface area contributed by atoms with E-state index in [9.17, 15) is 4.79 Å². The van der Waals surface area contributed by atoms with Crippen LogP contribution in [0.15, 0.2) is 24.3 Å². The minimum absolute atomic E-state index is 0.0696. The predicted octanol–water partition coefficient (Wildman–Crippen LogP) is 2.07. The summed E-state index contributed by atoms with van der Waals surface area (Å²) in [5.74, 6) is 0.626. The molecular formula is C16H21ClN2O2. The van der Waals surface area contributed by atoms with Crippen LogP contribution in [0.25, 0.3) is 0 Å². The third-order valence-electron chi connectivity index (χ3n) is 4.35. The maximum atomic E-state index is 12.1. The van der Waals surface area contributed by atoms with Crippen LogP contribution in [0.5, 0.6) is 0 Å². The van der Waals surface area contributed by atoms with Crippen molar-refractivity contribution in [3.63, 3.8) is 0 Å². The van der Waals surface area contributed by atoms with Gasteiger partial charge < -0.3 is 15.0 Å². The summed E-state index contributed by atoms with van der Waals surface area (Å²) >= 11 is 6.01. The molecule has 21 heavy (non-hydrogen) atoms. The van der Waals surface area contributed by atoms with Crippen LogP contribution in [0.2, 0.25) is 5.02 Å². The van der Waals surface area contributed by atoms with Crippen molar-refractivity contribution in [2.45, 2.75) is 25.5 Å². The molecule has 1 unspecified atom stereocenters. The Morgan fingerprint density at radius 1 is 1.33 bits per heavy atom. The van der Waals surface area contributed by atoms with E-state index in [0.717, 1.165) is 31.5 Å². The zero-order valence-corrected chi connectivity index (χ0v) is 12.8. The van der Waals surface area contributed by atoms with Crippen LogP contribution in [0.4, 0.5) is 0 Å². The maximum Gasteiger partial charge on any atom is 0.248 e. The van der Waals surface area contributed by atoms with Crippen LogP contribution in [0.3, 0.4) is 0 Å². The first-order valence-electron chi connectivity index (χ1n) is 7.57. The van der Waals surface area contributed by atoms with Crippen molar-refractivity contribution in [1.29, 1.82) is 0 Å². The number of carbonyl (C=O) groups is 1. The molecule has 2 fully saturated rings. The molecule has 1 aromatic rings. The van der Waals surface area contributed by atoms with Gasteiger partial charge in [-0.2, -0.15) is 0 Å². The van der Waals surface area contributed by atoms with E-state index in [1.807, 2.05) is 29.2 Å². The molecular weight excluding hydrogens is 288 g/mol. The Bertz CT molecular complexity index is 503. The number of rotatable bonds is 3. The van der Waals surface area contributed by atoms with Crippen LogP contribution in [0, 0.1) is 5.92 Å². The van der Waals surface area contributed by atoms with Crippen molar-refractivity contribution in [2.75, 3.05) is 26.2 Å². The Kier molecular flexibility index (Phi) is 4.78. The molecule has 1 N–H and O–H groups in total. The Hall–Kier alpha value is -1.10. The topological polar surface area (TPSA) is 41.6 Å². The number of benzene rings is 1. The van der Waals surface area contributed by atoms with Gasteiger partial charge in [0.1, 0.15) is 6.61 Å². The summed E-state index contributed by atoms with van der Waals surface area (Å²) in [6, 6.07) is 7.70. The average molecular weight is 309 g/mol. The zero-order valence-electron chi connectivity index (χ0n) is 12.1. The zero-order chi connectivity index (χ0) is 14.7. The minimum atomic E-state index is 0.0696. The number of halogens is 1. The number of hydrogen-bond donors (Lipinski definition) is 1. The molecule has 5 heteroatoms. The summed E-state index contributed by atoms with van der Waals surface area (Å²) < 4.78 is 5.78. The first kappa shape index (κ1) is 14.8. The van der Waals surface area contributed by atoms with Crippen molar-refractivity contribution >= 4 is 17.5 Å². The van der Waals surface area contributed by atoms with Crippen molar-refractivity contribution in [1.82, 2.24) is 10.2 Å². The molecule has 0 saturated carbocycles. The van der Waals surface area contributed by atoms with Crippen LogP contribution >= 0.6 is 11.6 Å². The van der Waals surface area contributed by atoms with Gasteiger partial charge in [0.05, 0.1) is 6.10 Å². The maximum absolute atomic E-state index is 12.1. The molecule has 0 aromatic heterocycles. The van der Waals surface area contributed by atoms with E-state index in [0.29, 0.717) is 24.0 Å². The summed E-state index contributed by atoms with van der Waals surface area (Å²) in [7, 11) is 0. The van der Waals surface area contributed by atoms with E-state index in [1.54, 1.807) is 0 Å². The molecule has 1 aromatic carbocycles. The lowest BCUT2D eigenvalue weighted by molar-refractivity contribution is -0.153. The van der Waals surface area contributed by atoms with Crippen molar-refractivity contribution in [3.8, 4) is 0 Å². The number of hydrogen-bond acceptors (Lipinski definition) is 3. The number of morpholine rings is 1. The Labute approximate surface area is 130 Å². The van der Waals surface area contributed by atoms with E-state index in [4.69, 9.17) is 16.3 Å². The summed E-state index contributed by atoms with van der Waals surface area (Å²) in [6.07, 6.45) is 2.43. The van der Waals surface area contributed by atoms with Gasteiger partial charge in [0.2, 0.25) is 5.91 Å². The van der Waals surface area contributed by atoms with Crippen LogP contribution < -0.4 is 5.32 Å². The molecule has 4 nitrogen and oxygen atoms in total. The highest BCUT2D eigenvalue weighted by Crippen LogP contribution is 2.24. The number of nitrogens with zero attached hydrogens (tertiary/aromatic N) is 1. The van der Waals surface area contributed by atoms with Gasteiger partial charge in [0, 0.05) is 18.1 Å². The fraction of sp³-hybridized carbons (Fsp3) is 0.562. The number of amides is 1. The largest absolute Gasteiger partial charge is 0.366 e. The van der Waals surface area contributed by atoms with Gasteiger partial charge in [-0.3, -0.25) is 4.79 Å². The second-order valence-electron chi connectivity index (χ2n) is 5.84. The van der Waals surface area contributed by atoms with Gasteiger partial charge in [-0.1, -0.05) is 23.7 Å². The van der Waals surface area contributed by atoms with E-state index < -0.39 is 0 Å². The first-order chi connectivity index (χ1) is 10.2. The van der Waals surface area contributed by atoms with Gasteiger partial charge in [-0.15, -0.1) is 0 Å². The quantitative estimate of drug-likeness (QED) is 0.929. The highest BCUT2D eigenvalue weighted by Gasteiger charge is 2.32. The lowest BCUT2D eigenvalue weighted by Crippen LogP contribution is -2.50. The van der Waals surface area contributed by atoms with Crippen LogP contribution in [-0.4, -0.2) is 43.2 Å². The minimum Gasteiger partial charge on any atom is -0.366 e. The molecule has 1 atom stereocenters. The molecule has 2 saturated heterocycles. The van der Waals surface area contributed by atoms with Gasteiger partial charge >= 0.3 is 0 Å². The molecule has 3 rings (SSSR count). The molecule has 0 spiro atoms. The molecule has 1 amide bonds. The summed E-state index contributed by atoms with van der Waals surface area (Å²) in [5, 5.41) is 4.08. The highest BCUT2D eigenvalue weighted by atomic mass is 35.5. The number of piperidine rings is 1. The number of carbonyl (C=O) groups excluding carboxylic acids is 1. The fourth-order valence-corrected chi connectivity index (χ4v) is 3.36. The Morgan fingerprint density at radius 3 is 2.90 bits per heavy atom. The standard InChI is InChI=1S/C16H21ClN2O2/c17-14-3-1-2-12(8-14)9-19-10-15(21-11-16(19)20)13-4-6-18-7-5-13/h1-3,8,13,15,18H,4-7,9-11H2. The van der Waals surface area contributed by atoms with Gasteiger partial charge in [0.25, 0.3) is 0 Å². The molecule has 114 valence electrons. The monoisotopic (exact) mass is 308 g/mol. The average Bonchev–Trinajstić information content (AvgIpc) is 2.50. The van der Waals surface area contributed by atoms with Crippen LogP contribution in [-0.2, 0) is 16.1 Å². The molecule has 2 heterocycles. The van der Waals surface area contributed by atoms with Crippen molar-refractivity contribution in [3.05, 3.63) is 34.9 Å². The molecule has 0 radical (unpaired) electrons. The SMILES string of the molecule is O=C1COC(C2CCNCC2)CN1Cc1cccc(Cl)c1. The van der Waals surface area contributed by atoms with Crippen molar-refractivity contribution < 1.29 is 9.53 Å². The van der Waals surface area contributed by atoms with E-state index in [-0.39, 0.29) is 18.6 Å². The van der Waals surface area contributed by atoms with Gasteiger partial charge in [-0.05, 0) is 49.5 Å². The summed E-state index contributed by atoms with van der Waals surface area (Å²) in [4.78, 5) is 14.0. The predicted molar refractivity (Wildman–Crippen MR) is 82.2 cm³/mol. The first-order valence-corrected chi connectivity index (χ1v) is 7.95.